The third-order valence-corrected chi connectivity index (χ3v) is 2.32. The maximum atomic E-state index is 10.3. The van der Waals surface area contributed by atoms with E-state index in [0.717, 1.165) is 25.9 Å². The Kier molecular flexibility index (Phi) is 5.05. The molecule has 0 amide bonds. The van der Waals surface area contributed by atoms with Crippen molar-refractivity contribution >= 4 is 0 Å². The molecule has 1 aliphatic heterocycles. The van der Waals surface area contributed by atoms with Gasteiger partial charge in [0.2, 0.25) is 0 Å². The highest BCUT2D eigenvalue weighted by atomic mass is 80.0. The SMILES string of the molecule is [O-][Br+2]([O-])ON1CCCNCCC1. The number of halogens is 1. The fourth-order valence-electron chi connectivity index (χ4n) is 1.15. The van der Waals surface area contributed by atoms with Gasteiger partial charge < -0.3 is 13.7 Å². The highest BCUT2D eigenvalue weighted by Crippen LogP contribution is 1.99. The first-order valence-corrected chi connectivity index (χ1v) is 5.93. The Balaban J connectivity index is 2.20. The standard InChI is InChI=1S/C6H13BrN2O3/c10-7(11)12-9-5-1-3-8-4-2-6-9/h8H,1-6H2. The Morgan fingerprint density at radius 1 is 1.17 bits per heavy atom. The molecule has 0 aliphatic carbocycles. The molecule has 0 saturated carbocycles. The summed E-state index contributed by atoms with van der Waals surface area (Å²) in [6, 6.07) is 0. The zero-order valence-electron chi connectivity index (χ0n) is 6.79. The van der Waals surface area contributed by atoms with E-state index in [1.165, 1.54) is 5.06 Å². The molecule has 0 aromatic heterocycles. The quantitative estimate of drug-likeness (QED) is 0.588. The van der Waals surface area contributed by atoms with Crippen LogP contribution in [0.1, 0.15) is 12.8 Å². The van der Waals surface area contributed by atoms with Crippen molar-refractivity contribution in [1.29, 1.82) is 0 Å². The van der Waals surface area contributed by atoms with Crippen LogP contribution in [0.5, 0.6) is 0 Å². The minimum Gasteiger partial charge on any atom is -0.371 e. The van der Waals surface area contributed by atoms with Crippen LogP contribution in [0.15, 0.2) is 0 Å². The van der Waals surface area contributed by atoms with Gasteiger partial charge in [-0.05, 0) is 25.9 Å². The van der Waals surface area contributed by atoms with Crippen molar-refractivity contribution < 1.29 is 27.1 Å². The van der Waals surface area contributed by atoms with Crippen LogP contribution in [0.2, 0.25) is 0 Å². The number of hydrogen-bond donors (Lipinski definition) is 1. The van der Waals surface area contributed by atoms with Gasteiger partial charge in [-0.3, -0.25) is 0 Å². The first kappa shape index (κ1) is 10.4. The van der Waals surface area contributed by atoms with E-state index in [9.17, 15) is 8.40 Å². The molecule has 12 heavy (non-hydrogen) atoms. The molecule has 1 N–H and O–H groups in total. The maximum absolute atomic E-state index is 10.3. The van der Waals surface area contributed by atoms with Gasteiger partial charge in [0.25, 0.3) is 0 Å². The van der Waals surface area contributed by atoms with Crippen molar-refractivity contribution in [2.45, 2.75) is 12.8 Å². The Morgan fingerprint density at radius 2 is 1.75 bits per heavy atom. The molecule has 6 heteroatoms. The average molecular weight is 241 g/mol. The zero-order valence-corrected chi connectivity index (χ0v) is 8.38. The molecule has 0 unspecified atom stereocenters. The van der Waals surface area contributed by atoms with Crippen LogP contribution in [-0.4, -0.2) is 31.2 Å². The van der Waals surface area contributed by atoms with Crippen LogP contribution in [0, 0.1) is 14.8 Å². The first-order chi connectivity index (χ1) is 5.79. The lowest BCUT2D eigenvalue weighted by Gasteiger charge is -2.17. The molecule has 0 aromatic rings. The molecule has 1 aliphatic rings. The monoisotopic (exact) mass is 240 g/mol. The Morgan fingerprint density at radius 3 is 2.25 bits per heavy atom. The van der Waals surface area contributed by atoms with Gasteiger partial charge in [-0.25, -0.2) is 0 Å². The van der Waals surface area contributed by atoms with Crippen molar-refractivity contribution in [2.75, 3.05) is 26.2 Å². The lowest BCUT2D eigenvalue weighted by atomic mass is 10.3. The second-order valence-electron chi connectivity index (χ2n) is 2.64. The van der Waals surface area contributed by atoms with E-state index in [1.54, 1.807) is 0 Å². The van der Waals surface area contributed by atoms with Crippen molar-refractivity contribution in [3.05, 3.63) is 0 Å². The minimum atomic E-state index is -3.08. The zero-order chi connectivity index (χ0) is 8.81. The number of rotatable bonds is 2. The predicted octanol–water partition coefficient (Wildman–Crippen LogP) is -2.31. The van der Waals surface area contributed by atoms with Crippen LogP contribution in [0.4, 0.5) is 0 Å². The highest BCUT2D eigenvalue weighted by molar-refractivity contribution is 4.56. The minimum absolute atomic E-state index is 0.687. The predicted molar refractivity (Wildman–Crippen MR) is 34.8 cm³/mol. The highest BCUT2D eigenvalue weighted by Gasteiger charge is 2.20. The number of nitrogens with zero attached hydrogens (tertiary/aromatic N) is 1. The molecule has 0 spiro atoms. The second kappa shape index (κ2) is 5.85. The van der Waals surface area contributed by atoms with E-state index in [-0.39, 0.29) is 0 Å². The summed E-state index contributed by atoms with van der Waals surface area (Å²) in [6.07, 6.45) is 1.85. The van der Waals surface area contributed by atoms with E-state index in [1.807, 2.05) is 0 Å². The van der Waals surface area contributed by atoms with Crippen LogP contribution in [0.25, 0.3) is 0 Å². The fourth-order valence-corrected chi connectivity index (χ4v) is 1.77. The molecule has 0 aromatic carbocycles. The molecule has 0 atom stereocenters. The summed E-state index contributed by atoms with van der Waals surface area (Å²) in [5.41, 5.74) is 0. The summed E-state index contributed by atoms with van der Waals surface area (Å²) in [7, 11) is 0. The van der Waals surface area contributed by atoms with Gasteiger partial charge in [-0.2, -0.15) is 0 Å². The molecule has 0 bridgehead atoms. The number of hydroxylamine groups is 2. The average Bonchev–Trinajstić information content (AvgIpc) is 1.93. The van der Waals surface area contributed by atoms with Crippen LogP contribution in [0.3, 0.4) is 0 Å². The molecule has 1 saturated heterocycles. The lowest BCUT2D eigenvalue weighted by molar-refractivity contribution is -1.64. The molecule has 1 heterocycles. The van der Waals surface area contributed by atoms with E-state index in [2.05, 4.69) is 9.25 Å². The lowest BCUT2D eigenvalue weighted by Crippen LogP contribution is -2.43. The summed E-state index contributed by atoms with van der Waals surface area (Å²) >= 11 is -3.08. The van der Waals surface area contributed by atoms with Gasteiger partial charge in [0.05, 0.1) is 3.93 Å². The third kappa shape index (κ3) is 4.34. The fraction of sp³-hybridized carbons (Fsp3) is 1.00. The largest absolute Gasteiger partial charge is 0.464 e. The first-order valence-electron chi connectivity index (χ1n) is 3.99. The van der Waals surface area contributed by atoms with E-state index < -0.39 is 14.8 Å². The molecule has 5 nitrogen and oxygen atoms in total. The topological polar surface area (TPSA) is 70.6 Å². The second-order valence-corrected chi connectivity index (χ2v) is 3.73. The summed E-state index contributed by atoms with van der Waals surface area (Å²) in [5.74, 6) is 0. The smallest absolute Gasteiger partial charge is 0.371 e. The Bertz CT molecular complexity index is 117. The van der Waals surface area contributed by atoms with Crippen LogP contribution >= 0.6 is 0 Å². The summed E-state index contributed by atoms with van der Waals surface area (Å²) < 4.78 is 25.2. The van der Waals surface area contributed by atoms with Crippen molar-refractivity contribution in [3.8, 4) is 0 Å². The maximum Gasteiger partial charge on any atom is 0.464 e. The number of hydrogen-bond acceptors (Lipinski definition) is 5. The van der Waals surface area contributed by atoms with E-state index in [0.29, 0.717) is 13.1 Å². The summed E-state index contributed by atoms with van der Waals surface area (Å²) in [6.45, 7) is 3.23. The molecule has 0 radical (unpaired) electrons. The number of nitrogens with one attached hydrogen (secondary N) is 1. The third-order valence-electron chi connectivity index (χ3n) is 1.68. The van der Waals surface area contributed by atoms with Crippen molar-refractivity contribution in [3.63, 3.8) is 0 Å². The van der Waals surface area contributed by atoms with Gasteiger partial charge in [0.1, 0.15) is 0 Å². The van der Waals surface area contributed by atoms with E-state index in [4.69, 9.17) is 0 Å². The molecular formula is C6H13BrN2O3. The van der Waals surface area contributed by atoms with Crippen LogP contribution in [-0.2, 0) is 3.93 Å². The van der Waals surface area contributed by atoms with Gasteiger partial charge in [-0.15, -0.1) is 0 Å². The Labute approximate surface area is 77.1 Å². The van der Waals surface area contributed by atoms with Crippen molar-refractivity contribution in [1.82, 2.24) is 10.4 Å². The van der Waals surface area contributed by atoms with Gasteiger partial charge >= 0.3 is 14.8 Å². The van der Waals surface area contributed by atoms with Crippen LogP contribution < -0.4 is 13.7 Å². The summed E-state index contributed by atoms with van der Waals surface area (Å²) in [4.78, 5) is 0. The molecular weight excluding hydrogens is 228 g/mol. The Hall–Kier alpha value is 0.280. The summed E-state index contributed by atoms with van der Waals surface area (Å²) in [5, 5.41) is 4.76. The van der Waals surface area contributed by atoms with Gasteiger partial charge in [0, 0.05) is 13.1 Å². The van der Waals surface area contributed by atoms with Crippen molar-refractivity contribution in [2.24, 2.45) is 0 Å². The van der Waals surface area contributed by atoms with E-state index >= 15 is 0 Å². The normalized spacial score (nSPS) is 22.2. The molecule has 72 valence electrons. The van der Waals surface area contributed by atoms with Gasteiger partial charge in [-0.1, -0.05) is 5.06 Å². The van der Waals surface area contributed by atoms with Gasteiger partial charge in [0.15, 0.2) is 0 Å². The molecule has 1 fully saturated rings. The molecule has 1 rings (SSSR count).